The summed E-state index contributed by atoms with van der Waals surface area (Å²) in [5.74, 6) is 0. The molecular weight excluding hydrogens is 218 g/mol. The Bertz CT molecular complexity index is 583. The summed E-state index contributed by atoms with van der Waals surface area (Å²) in [6, 6.07) is 2.36. The summed E-state index contributed by atoms with van der Waals surface area (Å²) >= 11 is 1.04. The molecule has 0 fully saturated rings. The van der Waals surface area contributed by atoms with Gasteiger partial charge in [-0.05, 0) is 0 Å². The SMILES string of the molecule is Nc1snnc1Cn1[nH]c(=O)ccc1=O. The third-order valence-corrected chi connectivity index (χ3v) is 2.38. The Kier molecular flexibility index (Phi) is 2.34. The van der Waals surface area contributed by atoms with Crippen molar-refractivity contribution in [2.75, 3.05) is 5.73 Å². The van der Waals surface area contributed by atoms with Gasteiger partial charge in [-0.15, -0.1) is 5.10 Å². The van der Waals surface area contributed by atoms with E-state index in [4.69, 9.17) is 5.73 Å². The van der Waals surface area contributed by atoms with E-state index in [2.05, 4.69) is 14.7 Å². The number of nitrogens with two attached hydrogens (primary N) is 1. The van der Waals surface area contributed by atoms with E-state index >= 15 is 0 Å². The summed E-state index contributed by atoms with van der Waals surface area (Å²) in [5, 5.41) is 6.55. The van der Waals surface area contributed by atoms with E-state index < -0.39 is 0 Å². The van der Waals surface area contributed by atoms with Gasteiger partial charge >= 0.3 is 0 Å². The van der Waals surface area contributed by atoms with Crippen LogP contribution in [0, 0.1) is 0 Å². The molecule has 0 aliphatic rings. The average molecular weight is 225 g/mol. The van der Waals surface area contributed by atoms with Crippen molar-refractivity contribution in [2.24, 2.45) is 0 Å². The van der Waals surface area contributed by atoms with Gasteiger partial charge < -0.3 is 5.73 Å². The highest BCUT2D eigenvalue weighted by Crippen LogP contribution is 2.11. The van der Waals surface area contributed by atoms with Crippen LogP contribution in [0.3, 0.4) is 0 Å². The minimum Gasteiger partial charge on any atom is -0.388 e. The first-order valence-corrected chi connectivity index (χ1v) is 4.81. The van der Waals surface area contributed by atoms with Crippen molar-refractivity contribution in [1.82, 2.24) is 19.4 Å². The van der Waals surface area contributed by atoms with Crippen LogP contribution in [0.4, 0.5) is 5.00 Å². The summed E-state index contributed by atoms with van der Waals surface area (Å²) in [4.78, 5) is 22.3. The Morgan fingerprint density at radius 3 is 2.93 bits per heavy atom. The molecule has 0 aliphatic carbocycles. The number of nitrogens with zero attached hydrogens (tertiary/aromatic N) is 3. The number of nitrogen functional groups attached to an aromatic ring is 1. The van der Waals surface area contributed by atoms with E-state index in [9.17, 15) is 9.59 Å². The molecule has 8 heteroatoms. The zero-order valence-electron chi connectivity index (χ0n) is 7.51. The Morgan fingerprint density at radius 1 is 1.47 bits per heavy atom. The molecule has 0 atom stereocenters. The predicted molar refractivity (Wildman–Crippen MR) is 54.7 cm³/mol. The molecule has 2 heterocycles. The second-order valence-electron chi connectivity index (χ2n) is 2.82. The Labute approximate surface area is 87.3 Å². The lowest BCUT2D eigenvalue weighted by Gasteiger charge is -2.01. The predicted octanol–water partition coefficient (Wildman–Crippen LogP) is -0.981. The van der Waals surface area contributed by atoms with Gasteiger partial charge in [-0.3, -0.25) is 14.7 Å². The Hall–Kier alpha value is -1.96. The van der Waals surface area contributed by atoms with Crippen molar-refractivity contribution in [1.29, 1.82) is 0 Å². The maximum atomic E-state index is 11.3. The summed E-state index contributed by atoms with van der Waals surface area (Å²) in [6.07, 6.45) is 0. The summed E-state index contributed by atoms with van der Waals surface area (Å²) in [6.45, 7) is 0.122. The van der Waals surface area contributed by atoms with Crippen molar-refractivity contribution in [2.45, 2.75) is 6.54 Å². The van der Waals surface area contributed by atoms with Crippen molar-refractivity contribution in [3.05, 3.63) is 38.5 Å². The zero-order chi connectivity index (χ0) is 10.8. The van der Waals surface area contributed by atoms with Crippen molar-refractivity contribution >= 4 is 16.5 Å². The largest absolute Gasteiger partial charge is 0.388 e. The quantitative estimate of drug-likeness (QED) is 0.683. The number of nitrogens with one attached hydrogen (secondary N) is 1. The average Bonchev–Trinajstić information content (AvgIpc) is 2.58. The molecule has 0 saturated carbocycles. The molecule has 0 bridgehead atoms. The van der Waals surface area contributed by atoms with Crippen LogP contribution in [0.1, 0.15) is 5.69 Å². The van der Waals surface area contributed by atoms with E-state index in [-0.39, 0.29) is 17.7 Å². The molecular formula is C7H7N5O2S. The fourth-order valence-corrected chi connectivity index (χ4v) is 1.49. The third-order valence-electron chi connectivity index (χ3n) is 1.78. The first kappa shape index (κ1) is 9.59. The lowest BCUT2D eigenvalue weighted by molar-refractivity contribution is 0.617. The standard InChI is InChI=1S/C7H7N5O2S/c8-7-4(9-11-15-7)3-12-6(14)2-1-5(13)10-12/h1-2H,3,8H2,(H,10,13). The van der Waals surface area contributed by atoms with Gasteiger partial charge in [-0.1, -0.05) is 4.49 Å². The Balaban J connectivity index is 2.40. The molecule has 0 unspecified atom stereocenters. The third kappa shape index (κ3) is 1.94. The summed E-state index contributed by atoms with van der Waals surface area (Å²) < 4.78 is 4.76. The first-order valence-electron chi connectivity index (χ1n) is 4.03. The van der Waals surface area contributed by atoms with Gasteiger partial charge in [0.05, 0.1) is 6.54 Å². The number of anilines is 1. The van der Waals surface area contributed by atoms with Gasteiger partial charge in [-0.2, -0.15) is 0 Å². The van der Waals surface area contributed by atoms with Crippen LogP contribution in [-0.4, -0.2) is 19.4 Å². The molecule has 3 N–H and O–H groups in total. The molecule has 7 nitrogen and oxygen atoms in total. The zero-order valence-corrected chi connectivity index (χ0v) is 8.32. The van der Waals surface area contributed by atoms with Crippen molar-refractivity contribution < 1.29 is 0 Å². The van der Waals surface area contributed by atoms with Gasteiger partial charge in [0.2, 0.25) is 0 Å². The molecule has 15 heavy (non-hydrogen) atoms. The fourth-order valence-electron chi connectivity index (χ4n) is 1.05. The number of aromatic amines is 1. The van der Waals surface area contributed by atoms with E-state index in [0.717, 1.165) is 16.2 Å². The maximum Gasteiger partial charge on any atom is 0.265 e. The fraction of sp³-hybridized carbons (Fsp3) is 0.143. The molecule has 0 spiro atoms. The molecule has 0 radical (unpaired) electrons. The molecule has 2 aromatic rings. The number of rotatable bonds is 2. The summed E-state index contributed by atoms with van der Waals surface area (Å²) in [7, 11) is 0. The van der Waals surface area contributed by atoms with Crippen LogP contribution in [0.5, 0.6) is 0 Å². The number of hydrogen-bond acceptors (Lipinski definition) is 6. The van der Waals surface area contributed by atoms with Gasteiger partial charge in [0.15, 0.2) is 0 Å². The topological polar surface area (TPSA) is 107 Å². The summed E-state index contributed by atoms with van der Waals surface area (Å²) in [5.41, 5.74) is 5.37. The van der Waals surface area contributed by atoms with Crippen LogP contribution in [0.25, 0.3) is 0 Å². The molecule has 0 amide bonds. The van der Waals surface area contributed by atoms with E-state index in [0.29, 0.717) is 10.7 Å². The minimum absolute atomic E-state index is 0.122. The highest BCUT2D eigenvalue weighted by molar-refractivity contribution is 7.09. The second kappa shape index (κ2) is 3.65. The molecule has 0 saturated heterocycles. The monoisotopic (exact) mass is 225 g/mol. The number of hydrogen-bond donors (Lipinski definition) is 2. The van der Waals surface area contributed by atoms with Crippen molar-refractivity contribution in [3.8, 4) is 0 Å². The highest BCUT2D eigenvalue weighted by atomic mass is 32.1. The van der Waals surface area contributed by atoms with Crippen LogP contribution in [-0.2, 0) is 6.54 Å². The van der Waals surface area contributed by atoms with Crippen LogP contribution in [0.15, 0.2) is 21.7 Å². The molecule has 2 rings (SSSR count). The van der Waals surface area contributed by atoms with Crippen LogP contribution < -0.4 is 16.9 Å². The molecule has 0 aliphatic heterocycles. The minimum atomic E-state index is -0.351. The van der Waals surface area contributed by atoms with E-state index in [1.165, 1.54) is 12.1 Å². The van der Waals surface area contributed by atoms with Gasteiger partial charge in [-0.25, -0.2) is 4.68 Å². The number of aromatic nitrogens is 4. The first-order chi connectivity index (χ1) is 7.16. The van der Waals surface area contributed by atoms with E-state index in [1.54, 1.807) is 0 Å². The van der Waals surface area contributed by atoms with Gasteiger partial charge in [0.1, 0.15) is 10.7 Å². The lowest BCUT2D eigenvalue weighted by Crippen LogP contribution is -2.28. The lowest BCUT2D eigenvalue weighted by atomic mass is 10.4. The van der Waals surface area contributed by atoms with Crippen LogP contribution in [0.2, 0.25) is 0 Å². The molecule has 2 aromatic heterocycles. The highest BCUT2D eigenvalue weighted by Gasteiger charge is 2.06. The van der Waals surface area contributed by atoms with E-state index in [1.807, 2.05) is 0 Å². The van der Waals surface area contributed by atoms with Gasteiger partial charge in [0, 0.05) is 23.7 Å². The Morgan fingerprint density at radius 2 is 2.27 bits per heavy atom. The van der Waals surface area contributed by atoms with Gasteiger partial charge in [0.25, 0.3) is 11.1 Å². The van der Waals surface area contributed by atoms with Crippen molar-refractivity contribution in [3.63, 3.8) is 0 Å². The number of H-pyrrole nitrogens is 1. The molecule has 78 valence electrons. The molecule has 0 aromatic carbocycles. The normalized spacial score (nSPS) is 10.4. The second-order valence-corrected chi connectivity index (χ2v) is 3.60. The smallest absolute Gasteiger partial charge is 0.265 e. The maximum absolute atomic E-state index is 11.3. The van der Waals surface area contributed by atoms with Crippen LogP contribution >= 0.6 is 11.5 Å².